The van der Waals surface area contributed by atoms with Crippen LogP contribution in [0.15, 0.2) is 76.3 Å². The van der Waals surface area contributed by atoms with Gasteiger partial charge in [-0.1, -0.05) is 57.3 Å². The molecule has 0 radical (unpaired) electrons. The molecule has 0 fully saturated rings. The van der Waals surface area contributed by atoms with E-state index in [1.54, 1.807) is 61.5 Å². The van der Waals surface area contributed by atoms with Crippen molar-refractivity contribution in [2.24, 2.45) is 5.10 Å². The summed E-state index contributed by atoms with van der Waals surface area (Å²) >= 11 is 15.3. The average molecular weight is 536 g/mol. The number of benzene rings is 3. The molecular weight excluding hydrogens is 519 g/mol. The van der Waals surface area contributed by atoms with Gasteiger partial charge in [0.05, 0.1) is 16.8 Å². The maximum atomic E-state index is 12.4. The van der Waals surface area contributed by atoms with E-state index < -0.39 is 18.0 Å². The molecule has 0 unspecified atom stereocenters. The summed E-state index contributed by atoms with van der Waals surface area (Å²) < 4.78 is 11.8. The molecule has 32 heavy (non-hydrogen) atoms. The Kier molecular flexibility index (Phi) is 8.27. The van der Waals surface area contributed by atoms with Crippen LogP contribution in [0.2, 0.25) is 10.0 Å². The van der Waals surface area contributed by atoms with E-state index in [0.29, 0.717) is 26.9 Å². The number of hydrogen-bond acceptors (Lipinski definition) is 5. The summed E-state index contributed by atoms with van der Waals surface area (Å²) in [6.07, 6.45) is 0.502. The summed E-state index contributed by atoms with van der Waals surface area (Å²) in [7, 11) is 0. The number of carbonyl (C=O) groups is 2. The number of esters is 1. The summed E-state index contributed by atoms with van der Waals surface area (Å²) in [4.78, 5) is 24.7. The van der Waals surface area contributed by atoms with Gasteiger partial charge in [0.1, 0.15) is 11.5 Å². The fourth-order valence-corrected chi connectivity index (χ4v) is 3.35. The van der Waals surface area contributed by atoms with Gasteiger partial charge < -0.3 is 9.47 Å². The van der Waals surface area contributed by atoms with E-state index in [1.807, 2.05) is 6.07 Å². The first-order valence-electron chi connectivity index (χ1n) is 9.35. The molecule has 0 aliphatic heterocycles. The van der Waals surface area contributed by atoms with Gasteiger partial charge in [0.2, 0.25) is 0 Å². The van der Waals surface area contributed by atoms with Crippen LogP contribution in [0.5, 0.6) is 11.5 Å². The number of ether oxygens (including phenoxy) is 2. The zero-order chi connectivity index (χ0) is 23.1. The molecule has 164 valence electrons. The highest BCUT2D eigenvalue weighted by atomic mass is 79.9. The fourth-order valence-electron chi connectivity index (χ4n) is 2.52. The Hall–Kier alpha value is -2.87. The zero-order valence-electron chi connectivity index (χ0n) is 16.7. The predicted octanol–water partition coefficient (Wildman–Crippen LogP) is 5.89. The highest BCUT2D eigenvalue weighted by Crippen LogP contribution is 2.28. The lowest BCUT2D eigenvalue weighted by atomic mass is 10.2. The highest BCUT2D eigenvalue weighted by molar-refractivity contribution is 9.10. The number of halogens is 3. The van der Waals surface area contributed by atoms with Crippen LogP contribution in [0.25, 0.3) is 0 Å². The van der Waals surface area contributed by atoms with Crippen molar-refractivity contribution in [1.29, 1.82) is 0 Å². The molecule has 1 atom stereocenters. The summed E-state index contributed by atoms with van der Waals surface area (Å²) in [5.74, 6) is -0.388. The number of rotatable bonds is 7. The second kappa shape index (κ2) is 11.1. The van der Waals surface area contributed by atoms with Crippen molar-refractivity contribution >= 4 is 57.2 Å². The predicted molar refractivity (Wildman–Crippen MR) is 128 cm³/mol. The number of nitrogens with zero attached hydrogens (tertiary/aromatic N) is 1. The van der Waals surface area contributed by atoms with Crippen molar-refractivity contribution in [3.63, 3.8) is 0 Å². The Bertz CT molecular complexity index is 1160. The lowest BCUT2D eigenvalue weighted by Crippen LogP contribution is -2.33. The van der Waals surface area contributed by atoms with Gasteiger partial charge in [0, 0.05) is 15.1 Å². The monoisotopic (exact) mass is 534 g/mol. The molecule has 0 bridgehead atoms. The molecule has 3 aromatic carbocycles. The zero-order valence-corrected chi connectivity index (χ0v) is 19.8. The van der Waals surface area contributed by atoms with E-state index in [2.05, 4.69) is 26.5 Å². The Morgan fingerprint density at radius 3 is 2.47 bits per heavy atom. The number of amides is 1. The van der Waals surface area contributed by atoms with Gasteiger partial charge in [-0.25, -0.2) is 10.2 Å². The fraction of sp³-hybridized carbons (Fsp3) is 0.0870. The standard InChI is InChI=1S/C23H17BrCl2N2O4/c1-14(31-21-10-8-18(25)12-19(21)26)22(29)28-27-13-16-11-17(24)7-9-20(16)32-23(30)15-5-3-2-4-6-15/h2-14H,1H3,(H,28,29)/b27-13-/t14-/m1/s1. The third kappa shape index (κ3) is 6.56. The van der Waals surface area contributed by atoms with Gasteiger partial charge in [-0.05, 0) is 55.5 Å². The van der Waals surface area contributed by atoms with Crippen LogP contribution < -0.4 is 14.9 Å². The number of carbonyl (C=O) groups excluding carboxylic acids is 2. The van der Waals surface area contributed by atoms with E-state index in [4.69, 9.17) is 32.7 Å². The minimum atomic E-state index is -0.872. The Morgan fingerprint density at radius 2 is 1.75 bits per heavy atom. The van der Waals surface area contributed by atoms with Crippen molar-refractivity contribution in [2.75, 3.05) is 0 Å². The summed E-state index contributed by atoms with van der Waals surface area (Å²) in [6, 6.07) is 18.4. The second-order valence-electron chi connectivity index (χ2n) is 6.51. The molecule has 0 aliphatic rings. The summed E-state index contributed by atoms with van der Waals surface area (Å²) in [6.45, 7) is 1.56. The molecular formula is C23H17BrCl2N2O4. The second-order valence-corrected chi connectivity index (χ2v) is 8.27. The van der Waals surface area contributed by atoms with Crippen molar-refractivity contribution in [1.82, 2.24) is 5.43 Å². The maximum Gasteiger partial charge on any atom is 0.343 e. The first-order valence-corrected chi connectivity index (χ1v) is 10.9. The molecule has 3 rings (SSSR count). The molecule has 1 N–H and O–H groups in total. The Labute approximate surface area is 203 Å². The smallest absolute Gasteiger partial charge is 0.343 e. The molecule has 1 amide bonds. The lowest BCUT2D eigenvalue weighted by Gasteiger charge is -2.14. The van der Waals surface area contributed by atoms with E-state index in [1.165, 1.54) is 12.3 Å². The number of hydrogen-bond donors (Lipinski definition) is 1. The van der Waals surface area contributed by atoms with Crippen molar-refractivity contribution in [2.45, 2.75) is 13.0 Å². The summed E-state index contributed by atoms with van der Waals surface area (Å²) in [5.41, 5.74) is 3.29. The van der Waals surface area contributed by atoms with Crippen LogP contribution in [0.4, 0.5) is 0 Å². The van der Waals surface area contributed by atoms with Crippen molar-refractivity contribution < 1.29 is 19.1 Å². The van der Waals surface area contributed by atoms with E-state index in [0.717, 1.165) is 4.47 Å². The lowest BCUT2D eigenvalue weighted by molar-refractivity contribution is -0.127. The van der Waals surface area contributed by atoms with Gasteiger partial charge in [-0.3, -0.25) is 4.79 Å². The van der Waals surface area contributed by atoms with Gasteiger partial charge in [-0.2, -0.15) is 5.10 Å². The largest absolute Gasteiger partial charge is 0.479 e. The van der Waals surface area contributed by atoms with Crippen LogP contribution in [0.3, 0.4) is 0 Å². The topological polar surface area (TPSA) is 77.0 Å². The minimum Gasteiger partial charge on any atom is -0.479 e. The maximum absolute atomic E-state index is 12.4. The molecule has 0 saturated carbocycles. The van der Waals surface area contributed by atoms with Crippen LogP contribution in [-0.4, -0.2) is 24.2 Å². The van der Waals surface area contributed by atoms with E-state index in [9.17, 15) is 9.59 Å². The average Bonchev–Trinajstić information content (AvgIpc) is 2.77. The van der Waals surface area contributed by atoms with Crippen LogP contribution in [0.1, 0.15) is 22.8 Å². The molecule has 0 spiro atoms. The third-order valence-corrected chi connectivity index (χ3v) is 5.15. The first kappa shape index (κ1) is 23.8. The Morgan fingerprint density at radius 1 is 1.03 bits per heavy atom. The van der Waals surface area contributed by atoms with Crippen LogP contribution in [0, 0.1) is 0 Å². The van der Waals surface area contributed by atoms with E-state index in [-0.39, 0.29) is 5.75 Å². The molecule has 6 nitrogen and oxygen atoms in total. The molecule has 0 heterocycles. The van der Waals surface area contributed by atoms with Gasteiger partial charge in [0.25, 0.3) is 5.91 Å². The van der Waals surface area contributed by atoms with Crippen molar-refractivity contribution in [3.8, 4) is 11.5 Å². The number of hydrazone groups is 1. The van der Waals surface area contributed by atoms with Crippen molar-refractivity contribution in [3.05, 3.63) is 92.4 Å². The van der Waals surface area contributed by atoms with Crippen LogP contribution in [-0.2, 0) is 4.79 Å². The quantitative estimate of drug-likeness (QED) is 0.177. The summed E-state index contributed by atoms with van der Waals surface area (Å²) in [5, 5.41) is 4.70. The SMILES string of the molecule is C[C@@H](Oc1ccc(Cl)cc1Cl)C(=O)N/N=C\c1cc(Br)ccc1OC(=O)c1ccccc1. The van der Waals surface area contributed by atoms with E-state index >= 15 is 0 Å². The number of nitrogens with one attached hydrogen (secondary N) is 1. The molecule has 0 aliphatic carbocycles. The molecule has 3 aromatic rings. The molecule has 0 aromatic heterocycles. The van der Waals surface area contributed by atoms with Gasteiger partial charge in [0.15, 0.2) is 6.10 Å². The molecule has 0 saturated heterocycles. The Balaban J connectivity index is 1.66. The first-order chi connectivity index (χ1) is 15.3. The molecule has 9 heteroatoms. The third-order valence-electron chi connectivity index (χ3n) is 4.13. The van der Waals surface area contributed by atoms with Gasteiger partial charge in [-0.15, -0.1) is 0 Å². The van der Waals surface area contributed by atoms with Gasteiger partial charge >= 0.3 is 5.97 Å². The normalized spacial score (nSPS) is 11.8. The minimum absolute atomic E-state index is 0.289. The van der Waals surface area contributed by atoms with Crippen LogP contribution >= 0.6 is 39.1 Å². The highest BCUT2D eigenvalue weighted by Gasteiger charge is 2.16.